The van der Waals surface area contributed by atoms with E-state index in [2.05, 4.69) is 10.2 Å². The summed E-state index contributed by atoms with van der Waals surface area (Å²) >= 11 is 0. The molecule has 0 saturated carbocycles. The monoisotopic (exact) mass is 215 g/mol. The van der Waals surface area contributed by atoms with Gasteiger partial charge in [-0.15, -0.1) is 10.2 Å². The lowest BCUT2D eigenvalue weighted by Crippen LogP contribution is -2.30. The van der Waals surface area contributed by atoms with E-state index in [9.17, 15) is 9.90 Å². The Morgan fingerprint density at radius 3 is 2.87 bits per heavy atom. The van der Waals surface area contributed by atoms with Crippen molar-refractivity contribution >= 4 is 5.97 Å². The molecular weight excluding hydrogens is 202 g/mol. The number of rotatable bonds is 5. The second kappa shape index (κ2) is 4.85. The number of carbonyl (C=O) groups is 1. The molecule has 1 heterocycles. The molecule has 7 heteroatoms. The molecule has 1 aromatic heterocycles. The summed E-state index contributed by atoms with van der Waals surface area (Å²) in [4.78, 5) is 10.9. The van der Waals surface area contributed by atoms with E-state index in [0.29, 0.717) is 5.82 Å². The largest absolute Gasteiger partial charge is 0.480 e. The summed E-state index contributed by atoms with van der Waals surface area (Å²) in [5, 5.41) is 25.6. The Hall–Kier alpha value is -1.47. The predicted molar refractivity (Wildman–Crippen MR) is 49.1 cm³/mol. The van der Waals surface area contributed by atoms with Gasteiger partial charge < -0.3 is 14.9 Å². The molecule has 1 aromatic rings. The van der Waals surface area contributed by atoms with Gasteiger partial charge in [-0.1, -0.05) is 0 Å². The lowest BCUT2D eigenvalue weighted by molar-refractivity contribution is -0.144. The van der Waals surface area contributed by atoms with E-state index >= 15 is 0 Å². The van der Waals surface area contributed by atoms with Crippen LogP contribution < -0.4 is 0 Å². The Balaban J connectivity index is 3.00. The number of aliphatic carboxylic acids is 1. The maximum Gasteiger partial charge on any atom is 0.329 e. The van der Waals surface area contributed by atoms with E-state index in [4.69, 9.17) is 9.84 Å². The summed E-state index contributed by atoms with van der Waals surface area (Å²) in [7, 11) is 1.47. The van der Waals surface area contributed by atoms with Crippen molar-refractivity contribution in [3.05, 3.63) is 12.2 Å². The van der Waals surface area contributed by atoms with Crippen molar-refractivity contribution in [3.63, 3.8) is 0 Å². The normalized spacial score (nSPS) is 14.9. The van der Waals surface area contributed by atoms with Gasteiger partial charge in [0.2, 0.25) is 0 Å². The third-order valence-electron chi connectivity index (χ3n) is 1.93. The molecule has 2 unspecified atom stereocenters. The van der Waals surface area contributed by atoms with Crippen molar-refractivity contribution in [3.8, 4) is 0 Å². The standard InChI is InChI=1S/C8H13N3O4/c1-5(12)7(8(13)14)11-4-9-10-6(11)3-15-2/h4-5,7,12H,3H2,1-2H3,(H,13,14). The molecule has 0 radical (unpaired) electrons. The highest BCUT2D eigenvalue weighted by molar-refractivity contribution is 5.72. The summed E-state index contributed by atoms with van der Waals surface area (Å²) in [5.41, 5.74) is 0. The van der Waals surface area contributed by atoms with Gasteiger partial charge in [0.05, 0.1) is 6.10 Å². The molecule has 84 valence electrons. The molecule has 7 nitrogen and oxygen atoms in total. The lowest BCUT2D eigenvalue weighted by atomic mass is 10.2. The molecule has 0 spiro atoms. The zero-order valence-corrected chi connectivity index (χ0v) is 8.49. The second-order valence-electron chi connectivity index (χ2n) is 3.11. The van der Waals surface area contributed by atoms with E-state index in [-0.39, 0.29) is 6.61 Å². The topological polar surface area (TPSA) is 97.5 Å². The van der Waals surface area contributed by atoms with Crippen LogP contribution in [0.25, 0.3) is 0 Å². The van der Waals surface area contributed by atoms with Crippen LogP contribution in [0.2, 0.25) is 0 Å². The lowest BCUT2D eigenvalue weighted by Gasteiger charge is -2.17. The maximum atomic E-state index is 10.9. The number of aliphatic hydroxyl groups is 1. The number of aliphatic hydroxyl groups excluding tert-OH is 1. The Labute approximate surface area is 86.3 Å². The highest BCUT2D eigenvalue weighted by Gasteiger charge is 2.27. The molecule has 2 N–H and O–H groups in total. The number of carboxylic acids is 1. The Morgan fingerprint density at radius 1 is 1.73 bits per heavy atom. The van der Waals surface area contributed by atoms with Crippen LogP contribution in [0.4, 0.5) is 0 Å². The minimum atomic E-state index is -1.14. The summed E-state index contributed by atoms with van der Waals surface area (Å²) in [5.74, 6) is -0.770. The fourth-order valence-corrected chi connectivity index (χ4v) is 1.29. The number of nitrogens with zero attached hydrogens (tertiary/aromatic N) is 3. The number of hydrogen-bond donors (Lipinski definition) is 2. The first-order chi connectivity index (χ1) is 7.07. The first-order valence-corrected chi connectivity index (χ1v) is 4.36. The molecule has 0 aromatic carbocycles. The summed E-state index contributed by atoms with van der Waals surface area (Å²) in [6, 6.07) is -1.09. The molecule has 1 rings (SSSR count). The van der Waals surface area contributed by atoms with E-state index in [1.165, 1.54) is 24.9 Å². The predicted octanol–water partition coefficient (Wildman–Crippen LogP) is -0.569. The first kappa shape index (κ1) is 11.6. The van der Waals surface area contributed by atoms with Crippen molar-refractivity contribution in [1.82, 2.24) is 14.8 Å². The van der Waals surface area contributed by atoms with Gasteiger partial charge in [0.15, 0.2) is 11.9 Å². The second-order valence-corrected chi connectivity index (χ2v) is 3.11. The van der Waals surface area contributed by atoms with Crippen LogP contribution >= 0.6 is 0 Å². The molecule has 0 amide bonds. The average Bonchev–Trinajstić information content (AvgIpc) is 2.53. The van der Waals surface area contributed by atoms with Crippen LogP contribution in [0.1, 0.15) is 18.8 Å². The molecular formula is C8H13N3O4. The SMILES string of the molecule is COCc1nncn1C(C(=O)O)C(C)O. The number of methoxy groups -OCH3 is 1. The maximum absolute atomic E-state index is 10.9. The van der Waals surface area contributed by atoms with E-state index in [1.54, 1.807) is 0 Å². The molecule has 2 atom stereocenters. The van der Waals surface area contributed by atoms with Crippen LogP contribution in [0.3, 0.4) is 0 Å². The van der Waals surface area contributed by atoms with Crippen molar-refractivity contribution in [2.75, 3.05) is 7.11 Å². The molecule has 0 saturated heterocycles. The van der Waals surface area contributed by atoms with Crippen LogP contribution in [-0.4, -0.2) is 44.2 Å². The van der Waals surface area contributed by atoms with Gasteiger partial charge >= 0.3 is 5.97 Å². The molecule has 0 bridgehead atoms. The third kappa shape index (κ3) is 2.51. The third-order valence-corrected chi connectivity index (χ3v) is 1.93. The van der Waals surface area contributed by atoms with Crippen LogP contribution in [-0.2, 0) is 16.1 Å². The van der Waals surface area contributed by atoms with Crippen LogP contribution in [0.15, 0.2) is 6.33 Å². The minimum Gasteiger partial charge on any atom is -0.480 e. The molecule has 15 heavy (non-hydrogen) atoms. The Kier molecular flexibility index (Phi) is 3.75. The molecule has 0 aliphatic carbocycles. The van der Waals surface area contributed by atoms with Crippen molar-refractivity contribution < 1.29 is 19.7 Å². The molecule has 0 fully saturated rings. The number of aromatic nitrogens is 3. The number of hydrogen-bond acceptors (Lipinski definition) is 5. The number of ether oxygens (including phenoxy) is 1. The van der Waals surface area contributed by atoms with Gasteiger partial charge in [0, 0.05) is 7.11 Å². The minimum absolute atomic E-state index is 0.149. The van der Waals surface area contributed by atoms with Gasteiger partial charge in [-0.05, 0) is 6.92 Å². The zero-order valence-electron chi connectivity index (χ0n) is 8.49. The summed E-state index contributed by atoms with van der Waals surface area (Å²) < 4.78 is 6.13. The van der Waals surface area contributed by atoms with E-state index < -0.39 is 18.1 Å². The van der Waals surface area contributed by atoms with E-state index in [0.717, 1.165) is 0 Å². The van der Waals surface area contributed by atoms with E-state index in [1.807, 2.05) is 0 Å². The first-order valence-electron chi connectivity index (χ1n) is 4.36. The van der Waals surface area contributed by atoms with Gasteiger partial charge in [-0.25, -0.2) is 4.79 Å². The van der Waals surface area contributed by atoms with Crippen LogP contribution in [0.5, 0.6) is 0 Å². The summed E-state index contributed by atoms with van der Waals surface area (Å²) in [6.07, 6.45) is 0.231. The summed E-state index contributed by atoms with van der Waals surface area (Å²) in [6.45, 7) is 1.55. The smallest absolute Gasteiger partial charge is 0.329 e. The van der Waals surface area contributed by atoms with Crippen molar-refractivity contribution in [2.45, 2.75) is 25.7 Å². The molecule has 0 aliphatic rings. The van der Waals surface area contributed by atoms with Crippen LogP contribution in [0, 0.1) is 0 Å². The van der Waals surface area contributed by atoms with Gasteiger partial charge in [-0.2, -0.15) is 0 Å². The highest BCUT2D eigenvalue weighted by atomic mass is 16.5. The molecule has 0 aliphatic heterocycles. The average molecular weight is 215 g/mol. The Morgan fingerprint density at radius 2 is 2.40 bits per heavy atom. The number of carboxylic acid groups (broad SMARTS) is 1. The van der Waals surface area contributed by atoms with Crippen molar-refractivity contribution in [2.24, 2.45) is 0 Å². The van der Waals surface area contributed by atoms with Gasteiger partial charge in [0.1, 0.15) is 12.9 Å². The quantitative estimate of drug-likeness (QED) is 0.682. The fraction of sp³-hybridized carbons (Fsp3) is 0.625. The van der Waals surface area contributed by atoms with Gasteiger partial charge in [-0.3, -0.25) is 4.57 Å². The van der Waals surface area contributed by atoms with Gasteiger partial charge in [0.25, 0.3) is 0 Å². The van der Waals surface area contributed by atoms with Crippen molar-refractivity contribution in [1.29, 1.82) is 0 Å². The highest BCUT2D eigenvalue weighted by Crippen LogP contribution is 2.14. The zero-order chi connectivity index (χ0) is 11.4. The Bertz CT molecular complexity index is 336. The fourth-order valence-electron chi connectivity index (χ4n) is 1.29.